The lowest BCUT2D eigenvalue weighted by Crippen LogP contribution is -2.32. The van der Waals surface area contributed by atoms with Crippen molar-refractivity contribution in [1.29, 1.82) is 0 Å². The van der Waals surface area contributed by atoms with Gasteiger partial charge in [0.05, 0.1) is 11.5 Å². The number of hydrogen-bond donors (Lipinski definition) is 0. The number of rotatable bonds is 6. The quantitative estimate of drug-likeness (QED) is 0.229. The number of hydroxylamine groups is 2. The predicted molar refractivity (Wildman–Crippen MR) is 103 cm³/mol. The number of amides is 2. The zero-order valence-electron chi connectivity index (χ0n) is 15.2. The highest BCUT2D eigenvalue weighted by molar-refractivity contribution is 8.82. The zero-order chi connectivity index (χ0) is 19.0. The summed E-state index contributed by atoms with van der Waals surface area (Å²) >= 11 is 0. The van der Waals surface area contributed by atoms with Crippen LogP contribution in [0.15, 0.2) is 17.6 Å². The van der Waals surface area contributed by atoms with Crippen LogP contribution in [0.4, 0.5) is 0 Å². The first kappa shape index (κ1) is 25.0. The summed E-state index contributed by atoms with van der Waals surface area (Å²) in [7, 11) is 4.48. The van der Waals surface area contributed by atoms with Crippen molar-refractivity contribution in [3.05, 3.63) is 12.7 Å². The fourth-order valence-electron chi connectivity index (χ4n) is 1.19. The first-order valence-corrected chi connectivity index (χ1v) is 10.3. The lowest BCUT2D eigenvalue weighted by atomic mass is 10.4. The Bertz CT molecular complexity index is 424. The Morgan fingerprint density at radius 2 is 1.79 bits per heavy atom. The molecule has 0 saturated carbocycles. The Labute approximate surface area is 152 Å². The van der Waals surface area contributed by atoms with Gasteiger partial charge in [0.2, 0.25) is 0 Å². The van der Waals surface area contributed by atoms with Crippen molar-refractivity contribution >= 4 is 44.4 Å². The molecule has 1 fully saturated rings. The van der Waals surface area contributed by atoms with Gasteiger partial charge >= 0.3 is 5.97 Å². The van der Waals surface area contributed by atoms with Crippen LogP contribution in [0.2, 0.25) is 0 Å². The molecule has 1 rings (SSSR count). The lowest BCUT2D eigenvalue weighted by Gasteiger charge is -2.12. The van der Waals surface area contributed by atoms with Gasteiger partial charge in [0.25, 0.3) is 11.8 Å². The molecule has 0 unspecified atom stereocenters. The van der Waals surface area contributed by atoms with Crippen molar-refractivity contribution < 1.29 is 19.2 Å². The van der Waals surface area contributed by atoms with Gasteiger partial charge in [-0.15, -0.1) is 5.06 Å². The molecule has 8 heteroatoms. The van der Waals surface area contributed by atoms with E-state index in [9.17, 15) is 14.4 Å². The molecule has 138 valence electrons. The molecule has 0 atom stereocenters. The smallest absolute Gasteiger partial charge is 0.330 e. The summed E-state index contributed by atoms with van der Waals surface area (Å²) in [6.45, 7) is 11.8. The van der Waals surface area contributed by atoms with Gasteiger partial charge in [0.1, 0.15) is 0 Å². The molecule has 2 amide bonds. The van der Waals surface area contributed by atoms with Crippen LogP contribution in [0.5, 0.6) is 0 Å². The van der Waals surface area contributed by atoms with E-state index in [2.05, 4.69) is 25.4 Å². The molecule has 1 aliphatic heterocycles. The summed E-state index contributed by atoms with van der Waals surface area (Å²) in [5, 5.41) is 1.33. The number of carbonyl (C=O) groups excluding carboxylic acids is 3. The highest BCUT2D eigenvalue weighted by Gasteiger charge is 2.32. The molecule has 0 aliphatic carbocycles. The Morgan fingerprint density at radius 1 is 1.29 bits per heavy atom. The van der Waals surface area contributed by atoms with Gasteiger partial charge in [0.15, 0.2) is 0 Å². The maximum atomic E-state index is 11.4. The fraction of sp³-hybridized carbons (Fsp3) is 0.625. The van der Waals surface area contributed by atoms with Gasteiger partial charge in [-0.05, 0) is 16.9 Å². The van der Waals surface area contributed by atoms with Gasteiger partial charge in [-0.25, -0.2) is 4.79 Å². The van der Waals surface area contributed by atoms with Gasteiger partial charge in [-0.2, -0.15) is 0 Å². The minimum Gasteiger partial charge on any atom is -0.330 e. The summed E-state index contributed by atoms with van der Waals surface area (Å²) in [5.41, 5.74) is 0. The minimum atomic E-state index is -0.592. The predicted octanol–water partition coefficient (Wildman–Crippen LogP) is 4.02. The third-order valence-electron chi connectivity index (χ3n) is 2.13. The molecule has 0 spiro atoms. The van der Waals surface area contributed by atoms with E-state index >= 15 is 0 Å². The summed E-state index contributed by atoms with van der Waals surface area (Å²) in [6, 6.07) is 0. The van der Waals surface area contributed by atoms with Crippen LogP contribution in [0.3, 0.4) is 0 Å². The average Bonchev–Trinajstić information content (AvgIpc) is 2.89. The number of carbonyl (C=O) groups is 3. The molecule has 0 radical (unpaired) electrons. The van der Waals surface area contributed by atoms with Gasteiger partial charge in [0, 0.05) is 25.6 Å². The van der Waals surface area contributed by atoms with Crippen LogP contribution in [-0.2, 0) is 19.2 Å². The van der Waals surface area contributed by atoms with Crippen LogP contribution in [-0.4, -0.2) is 40.7 Å². The van der Waals surface area contributed by atoms with E-state index in [4.69, 9.17) is 4.84 Å². The van der Waals surface area contributed by atoms with Gasteiger partial charge < -0.3 is 4.84 Å². The topological polar surface area (TPSA) is 76.0 Å². The Balaban J connectivity index is 0. The molecular formula is C16H28N2O4S2. The Morgan fingerprint density at radius 3 is 2.21 bits per heavy atom. The van der Waals surface area contributed by atoms with E-state index < -0.39 is 17.8 Å². The van der Waals surface area contributed by atoms with Crippen molar-refractivity contribution in [1.82, 2.24) is 5.06 Å². The second-order valence-electron chi connectivity index (χ2n) is 4.17. The van der Waals surface area contributed by atoms with Crippen molar-refractivity contribution in [2.24, 2.45) is 4.99 Å². The largest absolute Gasteiger partial charge is 0.334 e. The molecule has 1 saturated heterocycles. The van der Waals surface area contributed by atoms with Gasteiger partial charge in [-0.1, -0.05) is 51.5 Å². The van der Waals surface area contributed by atoms with E-state index in [0.29, 0.717) is 10.8 Å². The van der Waals surface area contributed by atoms with Crippen molar-refractivity contribution in [3.63, 3.8) is 0 Å². The normalized spacial score (nSPS) is 13.5. The molecule has 6 nitrogen and oxygen atoms in total. The van der Waals surface area contributed by atoms with Gasteiger partial charge in [-0.3, -0.25) is 14.6 Å². The summed E-state index contributed by atoms with van der Waals surface area (Å²) in [5.74, 6) is -1.03. The van der Waals surface area contributed by atoms with Crippen LogP contribution in [0.25, 0.3) is 0 Å². The van der Waals surface area contributed by atoms with Crippen molar-refractivity contribution in [2.45, 2.75) is 53.4 Å². The molecule has 1 aliphatic rings. The lowest BCUT2D eigenvalue weighted by molar-refractivity contribution is -0.197. The first-order chi connectivity index (χ1) is 11.5. The molecule has 0 aromatic carbocycles. The summed E-state index contributed by atoms with van der Waals surface area (Å²) in [6.07, 6.45) is 3.19. The standard InChI is InChI=1S/C11H14N2O4S2.C3H8.C2H6/c1-3-8(12-2)19-18-7-6-11(16)17-13-9(14)4-5-10(13)15;1-3-2;1-2/h3H,1,4-7H2,2H3;3H2,1-2H3;1-2H3. The Hall–Kier alpha value is -1.28. The number of hydrogen-bond acceptors (Lipinski definition) is 7. The minimum absolute atomic E-state index is 0.104. The third-order valence-corrected chi connectivity index (χ3v) is 4.50. The second-order valence-corrected chi connectivity index (χ2v) is 6.61. The molecule has 24 heavy (non-hydrogen) atoms. The zero-order valence-corrected chi connectivity index (χ0v) is 16.8. The van der Waals surface area contributed by atoms with Crippen molar-refractivity contribution in [2.75, 3.05) is 12.8 Å². The van der Waals surface area contributed by atoms with E-state index in [1.54, 1.807) is 13.1 Å². The van der Waals surface area contributed by atoms with Crippen molar-refractivity contribution in [3.8, 4) is 0 Å². The maximum absolute atomic E-state index is 11.4. The molecule has 0 N–H and O–H groups in total. The van der Waals surface area contributed by atoms with E-state index in [0.717, 1.165) is 5.04 Å². The molecule has 0 aromatic rings. The molecule has 0 aromatic heterocycles. The van der Waals surface area contributed by atoms with Crippen LogP contribution < -0.4 is 0 Å². The number of aliphatic imine (C=N–C) groups is 1. The highest BCUT2D eigenvalue weighted by Crippen LogP contribution is 2.24. The highest BCUT2D eigenvalue weighted by atomic mass is 33.1. The Kier molecular flexibility index (Phi) is 17.2. The summed E-state index contributed by atoms with van der Waals surface area (Å²) in [4.78, 5) is 42.5. The monoisotopic (exact) mass is 376 g/mol. The van der Waals surface area contributed by atoms with E-state index in [1.807, 2.05) is 13.8 Å². The van der Waals surface area contributed by atoms with Crippen LogP contribution >= 0.6 is 21.6 Å². The van der Waals surface area contributed by atoms with E-state index in [1.165, 1.54) is 28.0 Å². The first-order valence-electron chi connectivity index (χ1n) is 7.95. The average molecular weight is 377 g/mol. The number of imide groups is 1. The van der Waals surface area contributed by atoms with Crippen LogP contribution in [0.1, 0.15) is 53.4 Å². The number of nitrogens with zero attached hydrogens (tertiary/aromatic N) is 2. The maximum Gasteiger partial charge on any atom is 0.334 e. The summed E-state index contributed by atoms with van der Waals surface area (Å²) < 4.78 is 0. The fourth-order valence-corrected chi connectivity index (χ4v) is 3.08. The van der Waals surface area contributed by atoms with E-state index in [-0.39, 0.29) is 19.3 Å². The third kappa shape index (κ3) is 11.3. The van der Waals surface area contributed by atoms with Crippen LogP contribution in [0, 0.1) is 0 Å². The molecule has 1 heterocycles. The molecular weight excluding hydrogens is 348 g/mol. The molecule has 0 bridgehead atoms. The SMILES string of the molecule is C=CC(=NC)SSCCC(=O)ON1C(=O)CCC1=O.CC.CCC. The second kappa shape index (κ2) is 16.6.